The van der Waals surface area contributed by atoms with Crippen LogP contribution < -0.4 is 10.2 Å². The van der Waals surface area contributed by atoms with Crippen LogP contribution in [0.4, 0.5) is 14.9 Å². The number of alkyl carbamates (subject to hydrolysis) is 1. The van der Waals surface area contributed by atoms with E-state index in [1.54, 1.807) is 18.2 Å². The highest BCUT2D eigenvalue weighted by Crippen LogP contribution is 2.51. The number of methoxy groups -OCH3 is 2. The van der Waals surface area contributed by atoms with Crippen molar-refractivity contribution >= 4 is 27.6 Å². The average molecular weight is 642 g/mol. The third-order valence-corrected chi connectivity index (χ3v) is 12.9. The standard InChI is InChI=1S/C34H44FN3O6S/c1-43-32(39)34(25-5-3-6-26(35)19-25,30-7-4-8-31(30)36-33(40)44-2)24-15-17-37(18-16-24)20-23-21-38(22-23)27-9-11-28(12-10-27)45(41,42)29-13-14-29/h3,5-6,9-12,19,23-24,29-31H,4,7-8,13-18,20-22H2,1-2H3,(H,36,40)/t30-,31-,34+/m0/s1. The van der Waals surface area contributed by atoms with Crippen LogP contribution in [0.15, 0.2) is 53.4 Å². The predicted molar refractivity (Wildman–Crippen MR) is 168 cm³/mol. The molecule has 4 aliphatic rings. The number of amides is 1. The molecule has 2 aliphatic carbocycles. The van der Waals surface area contributed by atoms with Gasteiger partial charge in [0.2, 0.25) is 0 Å². The van der Waals surface area contributed by atoms with Crippen LogP contribution >= 0.6 is 0 Å². The van der Waals surface area contributed by atoms with Crippen molar-refractivity contribution in [3.63, 3.8) is 0 Å². The number of piperidine rings is 1. The van der Waals surface area contributed by atoms with Gasteiger partial charge in [-0.05, 0) is 105 Å². The monoisotopic (exact) mass is 641 g/mol. The summed E-state index contributed by atoms with van der Waals surface area (Å²) in [5.74, 6) is -0.624. The van der Waals surface area contributed by atoms with E-state index in [9.17, 15) is 22.4 Å². The number of hydrogen-bond donors (Lipinski definition) is 1. The number of ether oxygens (including phenoxy) is 2. The van der Waals surface area contributed by atoms with Gasteiger partial charge in [-0.3, -0.25) is 4.79 Å². The van der Waals surface area contributed by atoms with Crippen molar-refractivity contribution in [3.05, 3.63) is 59.9 Å². The molecule has 2 saturated carbocycles. The van der Waals surface area contributed by atoms with Crippen LogP contribution in [0.1, 0.15) is 50.5 Å². The van der Waals surface area contributed by atoms with Gasteiger partial charge in [0.05, 0.1) is 24.4 Å². The minimum Gasteiger partial charge on any atom is -0.468 e. The molecule has 1 amide bonds. The second-order valence-electron chi connectivity index (χ2n) is 13.2. The lowest BCUT2D eigenvalue weighted by atomic mass is 9.58. The Balaban J connectivity index is 1.13. The van der Waals surface area contributed by atoms with Crippen molar-refractivity contribution in [2.24, 2.45) is 17.8 Å². The maximum Gasteiger partial charge on any atom is 0.407 e. The number of carbonyl (C=O) groups excluding carboxylic acids is 2. The molecule has 0 spiro atoms. The molecule has 2 saturated heterocycles. The molecule has 0 aromatic heterocycles. The van der Waals surface area contributed by atoms with Crippen LogP contribution in [-0.2, 0) is 29.5 Å². The Morgan fingerprint density at radius 2 is 1.67 bits per heavy atom. The lowest BCUT2D eigenvalue weighted by Crippen LogP contribution is -2.58. The first-order chi connectivity index (χ1) is 21.7. The molecule has 1 N–H and O–H groups in total. The van der Waals surface area contributed by atoms with Gasteiger partial charge in [-0.25, -0.2) is 17.6 Å². The van der Waals surface area contributed by atoms with Crippen LogP contribution in [0.2, 0.25) is 0 Å². The van der Waals surface area contributed by atoms with Gasteiger partial charge in [-0.1, -0.05) is 18.6 Å². The number of likely N-dealkylation sites (tertiary alicyclic amines) is 1. The van der Waals surface area contributed by atoms with Crippen molar-refractivity contribution in [1.29, 1.82) is 0 Å². The molecule has 244 valence electrons. The van der Waals surface area contributed by atoms with Gasteiger partial charge in [0.25, 0.3) is 0 Å². The fraction of sp³-hybridized carbons (Fsp3) is 0.588. The number of carbonyl (C=O) groups is 2. The molecule has 6 rings (SSSR count). The number of nitrogens with zero attached hydrogens (tertiary/aromatic N) is 2. The third kappa shape index (κ3) is 6.17. The van der Waals surface area contributed by atoms with Crippen molar-refractivity contribution in [2.75, 3.05) is 51.8 Å². The largest absolute Gasteiger partial charge is 0.468 e. The maximum atomic E-state index is 14.7. The second-order valence-corrected chi connectivity index (χ2v) is 15.5. The van der Waals surface area contributed by atoms with Crippen LogP contribution in [-0.4, -0.2) is 83.6 Å². The minimum atomic E-state index is -3.18. The van der Waals surface area contributed by atoms with Gasteiger partial charge < -0.3 is 24.6 Å². The molecule has 2 aliphatic heterocycles. The number of rotatable bonds is 10. The Labute approximate surface area is 265 Å². The summed E-state index contributed by atoms with van der Waals surface area (Å²) in [4.78, 5) is 31.4. The summed E-state index contributed by atoms with van der Waals surface area (Å²) >= 11 is 0. The Morgan fingerprint density at radius 1 is 0.956 bits per heavy atom. The van der Waals surface area contributed by atoms with Crippen LogP contribution in [0, 0.1) is 23.6 Å². The Morgan fingerprint density at radius 3 is 2.29 bits per heavy atom. The Bertz CT molecular complexity index is 1490. The van der Waals surface area contributed by atoms with E-state index < -0.39 is 27.2 Å². The molecule has 0 unspecified atom stereocenters. The molecule has 3 atom stereocenters. The number of sulfone groups is 1. The summed E-state index contributed by atoms with van der Waals surface area (Å²) in [7, 11) is -0.459. The fourth-order valence-electron chi connectivity index (χ4n) is 8.24. The summed E-state index contributed by atoms with van der Waals surface area (Å²) in [6.07, 6.45) is 4.75. The first-order valence-corrected chi connectivity index (χ1v) is 17.7. The zero-order valence-corrected chi connectivity index (χ0v) is 26.9. The summed E-state index contributed by atoms with van der Waals surface area (Å²) < 4.78 is 50.2. The van der Waals surface area contributed by atoms with Gasteiger partial charge in [-0.2, -0.15) is 0 Å². The van der Waals surface area contributed by atoms with Crippen molar-refractivity contribution in [2.45, 2.75) is 66.5 Å². The Hall–Kier alpha value is -3.18. The van der Waals surface area contributed by atoms with Gasteiger partial charge >= 0.3 is 12.1 Å². The van der Waals surface area contributed by atoms with Crippen molar-refractivity contribution in [1.82, 2.24) is 10.2 Å². The first kappa shape index (κ1) is 31.8. The summed E-state index contributed by atoms with van der Waals surface area (Å²) in [5, 5.41) is 2.76. The molecule has 11 heteroatoms. The molecule has 0 bridgehead atoms. The van der Waals surface area contributed by atoms with Gasteiger partial charge in [-0.15, -0.1) is 0 Å². The van der Waals surface area contributed by atoms with Crippen LogP contribution in [0.3, 0.4) is 0 Å². The van der Waals surface area contributed by atoms with E-state index in [0.717, 1.165) is 70.5 Å². The zero-order valence-electron chi connectivity index (χ0n) is 26.1. The molecule has 0 radical (unpaired) electrons. The number of esters is 1. The minimum absolute atomic E-state index is 0.0867. The molecule has 45 heavy (non-hydrogen) atoms. The number of benzene rings is 2. The third-order valence-electron chi connectivity index (χ3n) is 10.6. The SMILES string of the molecule is COC(=O)N[C@H]1CCC[C@@H]1[C@](C(=O)OC)(c1cccc(F)c1)C1CCN(CC2CN(c3ccc(S(=O)(=O)C4CC4)cc3)C2)CC1. The quantitative estimate of drug-likeness (QED) is 0.377. The normalized spacial score (nSPS) is 24.5. The van der Waals surface area contributed by atoms with Gasteiger partial charge in [0, 0.05) is 37.3 Å². The van der Waals surface area contributed by atoms with E-state index in [2.05, 4.69) is 15.1 Å². The van der Waals surface area contributed by atoms with Crippen LogP contribution in [0.25, 0.3) is 0 Å². The molecule has 2 heterocycles. The smallest absolute Gasteiger partial charge is 0.407 e. The van der Waals surface area contributed by atoms with E-state index >= 15 is 0 Å². The predicted octanol–water partition coefficient (Wildman–Crippen LogP) is 4.55. The number of anilines is 1. The molecular formula is C34H44FN3O6S. The summed E-state index contributed by atoms with van der Waals surface area (Å²) in [6, 6.07) is 13.4. The van der Waals surface area contributed by atoms with Gasteiger partial charge in [0.1, 0.15) is 11.2 Å². The molecule has 2 aromatic carbocycles. The lowest BCUT2D eigenvalue weighted by molar-refractivity contribution is -0.155. The number of hydrogen-bond acceptors (Lipinski definition) is 8. The fourth-order valence-corrected chi connectivity index (χ4v) is 9.90. The summed E-state index contributed by atoms with van der Waals surface area (Å²) in [5.41, 5.74) is 0.559. The highest BCUT2D eigenvalue weighted by molar-refractivity contribution is 7.92. The first-order valence-electron chi connectivity index (χ1n) is 16.2. The van der Waals surface area contributed by atoms with E-state index in [1.165, 1.54) is 26.4 Å². The molecule has 4 fully saturated rings. The lowest BCUT2D eigenvalue weighted by Gasteiger charge is -2.49. The van der Waals surface area contributed by atoms with Crippen LogP contribution in [0.5, 0.6) is 0 Å². The highest BCUT2D eigenvalue weighted by Gasteiger charge is 2.57. The number of halogens is 1. The Kier molecular flexibility index (Phi) is 9.12. The van der Waals surface area contributed by atoms with E-state index in [4.69, 9.17) is 9.47 Å². The van der Waals surface area contributed by atoms with Crippen molar-refractivity contribution in [3.8, 4) is 0 Å². The topological polar surface area (TPSA) is 105 Å². The van der Waals surface area contributed by atoms with Gasteiger partial charge in [0.15, 0.2) is 9.84 Å². The zero-order chi connectivity index (χ0) is 31.8. The number of nitrogens with one attached hydrogen (secondary N) is 1. The average Bonchev–Trinajstić information content (AvgIpc) is 3.80. The molecule has 2 aromatic rings. The highest BCUT2D eigenvalue weighted by atomic mass is 32.2. The van der Waals surface area contributed by atoms with E-state index in [0.29, 0.717) is 29.2 Å². The van der Waals surface area contributed by atoms with Crippen molar-refractivity contribution < 1.29 is 31.9 Å². The van der Waals surface area contributed by atoms with E-state index in [1.807, 2.05) is 18.2 Å². The van der Waals surface area contributed by atoms with E-state index in [-0.39, 0.29) is 29.1 Å². The summed E-state index contributed by atoms with van der Waals surface area (Å²) in [6.45, 7) is 4.38. The molecule has 9 nitrogen and oxygen atoms in total. The maximum absolute atomic E-state index is 14.7. The molecular weight excluding hydrogens is 597 g/mol. The second kappa shape index (κ2) is 12.9.